The average molecular weight is 530 g/mol. The van der Waals surface area contributed by atoms with Crippen LogP contribution < -0.4 is 4.90 Å². The van der Waals surface area contributed by atoms with Gasteiger partial charge in [-0.25, -0.2) is 0 Å². The Labute approximate surface area is 221 Å². The van der Waals surface area contributed by atoms with Crippen LogP contribution in [-0.2, 0) is 14.4 Å². The molecule has 2 saturated heterocycles. The van der Waals surface area contributed by atoms with Gasteiger partial charge < -0.3 is 19.8 Å². The van der Waals surface area contributed by atoms with Crippen LogP contribution in [0.2, 0.25) is 5.02 Å². The van der Waals surface area contributed by atoms with Crippen molar-refractivity contribution in [3.8, 4) is 0 Å². The van der Waals surface area contributed by atoms with Gasteiger partial charge >= 0.3 is 0 Å². The highest BCUT2D eigenvalue weighted by Crippen LogP contribution is 2.61. The van der Waals surface area contributed by atoms with E-state index in [4.69, 9.17) is 11.6 Å². The topological polar surface area (TPSA) is 81.2 Å². The molecule has 4 aliphatic heterocycles. The Balaban J connectivity index is 1.67. The lowest BCUT2D eigenvalue weighted by atomic mass is 9.78. The van der Waals surface area contributed by atoms with Crippen LogP contribution in [0.1, 0.15) is 20.3 Å². The highest BCUT2D eigenvalue weighted by molar-refractivity contribution is 8.02. The van der Waals surface area contributed by atoms with E-state index < -0.39 is 28.7 Å². The molecule has 1 aromatic rings. The predicted octanol–water partition coefficient (Wildman–Crippen LogP) is 2.98. The number of halogens is 1. The summed E-state index contributed by atoms with van der Waals surface area (Å²) in [7, 11) is 1.75. The number of amides is 3. The highest BCUT2D eigenvalue weighted by Gasteiger charge is 2.71. The number of likely N-dealkylation sites (tertiary alicyclic amines) is 1. The fourth-order valence-corrected chi connectivity index (χ4v) is 8.53. The number of benzene rings is 1. The average Bonchev–Trinajstić information content (AvgIpc) is 3.17. The second kappa shape index (κ2) is 9.54. The molecule has 192 valence electrons. The van der Waals surface area contributed by atoms with E-state index in [1.807, 2.05) is 50.3 Å². The van der Waals surface area contributed by atoms with E-state index in [0.717, 1.165) is 0 Å². The van der Waals surface area contributed by atoms with E-state index >= 15 is 0 Å². The lowest BCUT2D eigenvalue weighted by Crippen LogP contribution is -2.57. The third-order valence-corrected chi connectivity index (χ3v) is 9.85. The molecule has 4 aliphatic rings. The second-order valence-electron chi connectivity index (χ2n) is 10.5. The van der Waals surface area contributed by atoms with Crippen molar-refractivity contribution in [1.82, 2.24) is 9.80 Å². The Kier molecular flexibility index (Phi) is 6.72. The number of likely N-dealkylation sites (N-methyl/N-ethyl adjacent to an activating group) is 1. The van der Waals surface area contributed by atoms with Crippen molar-refractivity contribution in [1.29, 1.82) is 0 Å². The summed E-state index contributed by atoms with van der Waals surface area (Å²) in [6.07, 6.45) is 8.46. The van der Waals surface area contributed by atoms with Crippen molar-refractivity contribution in [2.24, 2.45) is 17.8 Å². The molecular formula is C27H32ClN3O4S. The first kappa shape index (κ1) is 25.4. The number of nitrogens with zero attached hydrogens (tertiary/aromatic N) is 3. The first-order valence-electron chi connectivity index (χ1n) is 12.5. The third-order valence-electron chi connectivity index (χ3n) is 7.79. The molecule has 1 aromatic carbocycles. The van der Waals surface area contributed by atoms with Crippen molar-refractivity contribution in [3.05, 3.63) is 53.6 Å². The Hall–Kier alpha value is -2.29. The van der Waals surface area contributed by atoms with Crippen LogP contribution >= 0.6 is 23.4 Å². The zero-order valence-corrected chi connectivity index (χ0v) is 22.3. The molecule has 1 spiro atoms. The summed E-state index contributed by atoms with van der Waals surface area (Å²) >= 11 is 8.04. The standard InChI is InChI=1S/C27H32ClN3O4S/c1-16(2)14-17(15-32)31-23-26(35)30(19-9-5-4-8-18(19)28)13-7-11-27(23)22(25(31)34)21-20(36-27)10-6-12-29(3)24(21)33/h4-11,16-17,20-23,32H,12-15H2,1-3H3/t17-,20+,21-,22+,23?,27+/m1/s1. The summed E-state index contributed by atoms with van der Waals surface area (Å²) < 4.78 is -0.915. The third kappa shape index (κ3) is 3.80. The molecule has 6 atom stereocenters. The molecule has 1 unspecified atom stereocenters. The number of para-hydroxylation sites is 1. The van der Waals surface area contributed by atoms with Gasteiger partial charge in [0.25, 0.3) is 5.91 Å². The molecule has 0 aromatic heterocycles. The van der Waals surface area contributed by atoms with E-state index in [-0.39, 0.29) is 35.5 Å². The number of rotatable bonds is 5. The van der Waals surface area contributed by atoms with Crippen molar-refractivity contribution in [2.45, 2.75) is 42.3 Å². The number of hydrogen-bond donors (Lipinski definition) is 1. The molecule has 0 bridgehead atoms. The molecule has 1 N–H and O–H groups in total. The molecule has 0 saturated carbocycles. The number of aliphatic hydroxyl groups is 1. The number of thioether (sulfide) groups is 1. The van der Waals surface area contributed by atoms with E-state index in [0.29, 0.717) is 30.2 Å². The summed E-state index contributed by atoms with van der Waals surface area (Å²) in [5.41, 5.74) is 0.582. The van der Waals surface area contributed by atoms with Gasteiger partial charge in [-0.05, 0) is 24.5 Å². The zero-order chi connectivity index (χ0) is 25.8. The second-order valence-corrected chi connectivity index (χ2v) is 12.4. The first-order chi connectivity index (χ1) is 17.2. The monoisotopic (exact) mass is 529 g/mol. The summed E-state index contributed by atoms with van der Waals surface area (Å²) in [5, 5.41) is 10.7. The molecular weight excluding hydrogens is 498 g/mol. The number of hydrogen-bond acceptors (Lipinski definition) is 5. The van der Waals surface area contributed by atoms with Gasteiger partial charge in [-0.1, -0.05) is 61.9 Å². The maximum atomic E-state index is 14.4. The predicted molar refractivity (Wildman–Crippen MR) is 142 cm³/mol. The first-order valence-corrected chi connectivity index (χ1v) is 13.7. The molecule has 7 nitrogen and oxygen atoms in total. The molecule has 9 heteroatoms. The van der Waals surface area contributed by atoms with Crippen LogP contribution in [-0.4, -0.2) is 81.5 Å². The lowest BCUT2D eigenvalue weighted by Gasteiger charge is -2.39. The minimum Gasteiger partial charge on any atom is -0.394 e. The van der Waals surface area contributed by atoms with E-state index in [9.17, 15) is 19.5 Å². The van der Waals surface area contributed by atoms with Crippen LogP contribution in [0.3, 0.4) is 0 Å². The zero-order valence-electron chi connectivity index (χ0n) is 20.7. The molecule has 0 aliphatic carbocycles. The van der Waals surface area contributed by atoms with Crippen LogP contribution in [0.15, 0.2) is 48.6 Å². The number of anilines is 1. The van der Waals surface area contributed by atoms with Crippen molar-refractivity contribution in [2.75, 3.05) is 31.6 Å². The largest absolute Gasteiger partial charge is 0.394 e. The Morgan fingerprint density at radius 1 is 1.11 bits per heavy atom. The van der Waals surface area contributed by atoms with Gasteiger partial charge in [0.05, 0.1) is 39.9 Å². The molecule has 3 amide bonds. The molecule has 4 heterocycles. The molecule has 36 heavy (non-hydrogen) atoms. The Morgan fingerprint density at radius 3 is 2.56 bits per heavy atom. The Bertz CT molecular complexity index is 1140. The fraction of sp³-hybridized carbons (Fsp3) is 0.519. The van der Waals surface area contributed by atoms with Crippen LogP contribution in [0.4, 0.5) is 5.69 Å². The normalized spacial score (nSPS) is 32.5. The van der Waals surface area contributed by atoms with Crippen LogP contribution in [0, 0.1) is 17.8 Å². The number of aliphatic hydroxyl groups excluding tert-OH is 1. The molecule has 0 radical (unpaired) electrons. The van der Waals surface area contributed by atoms with Gasteiger partial charge in [0.2, 0.25) is 11.8 Å². The van der Waals surface area contributed by atoms with Gasteiger partial charge in [-0.2, -0.15) is 0 Å². The summed E-state index contributed by atoms with van der Waals surface area (Å²) in [6.45, 7) is 4.62. The number of carbonyl (C=O) groups excluding carboxylic acids is 3. The molecule has 5 rings (SSSR count). The minimum absolute atomic E-state index is 0.0780. The van der Waals surface area contributed by atoms with Crippen molar-refractivity contribution < 1.29 is 19.5 Å². The maximum absolute atomic E-state index is 14.4. The smallest absolute Gasteiger partial charge is 0.251 e. The van der Waals surface area contributed by atoms with Crippen LogP contribution in [0.5, 0.6) is 0 Å². The van der Waals surface area contributed by atoms with E-state index in [2.05, 4.69) is 0 Å². The fourth-order valence-electron chi connectivity index (χ4n) is 6.30. The summed E-state index contributed by atoms with van der Waals surface area (Å²) in [4.78, 5) is 47.1. The van der Waals surface area contributed by atoms with Crippen LogP contribution in [0.25, 0.3) is 0 Å². The molecule has 2 fully saturated rings. The lowest BCUT2D eigenvalue weighted by molar-refractivity contribution is -0.144. The van der Waals surface area contributed by atoms with Gasteiger partial charge in [0.1, 0.15) is 6.04 Å². The minimum atomic E-state index is -0.915. The quantitative estimate of drug-likeness (QED) is 0.593. The SMILES string of the molecule is CC(C)C[C@H](CO)N1C(=O)[C@@H]2[C@@H]3C(=O)N(C)CC=C[C@@H]3S[C@@]23C=CCN(c2ccccc2Cl)C(=O)C13. The van der Waals surface area contributed by atoms with E-state index in [1.165, 1.54) is 0 Å². The summed E-state index contributed by atoms with van der Waals surface area (Å²) in [5.74, 6) is -1.60. The van der Waals surface area contributed by atoms with Gasteiger partial charge in [0, 0.05) is 25.4 Å². The highest BCUT2D eigenvalue weighted by atomic mass is 35.5. The summed E-state index contributed by atoms with van der Waals surface area (Å²) in [6, 6.07) is 5.80. The van der Waals surface area contributed by atoms with Gasteiger partial charge in [-0.15, -0.1) is 11.8 Å². The van der Waals surface area contributed by atoms with Gasteiger partial charge in [0.15, 0.2) is 0 Å². The maximum Gasteiger partial charge on any atom is 0.251 e. The van der Waals surface area contributed by atoms with Gasteiger partial charge in [-0.3, -0.25) is 14.4 Å². The van der Waals surface area contributed by atoms with Crippen molar-refractivity contribution >= 4 is 46.8 Å². The van der Waals surface area contributed by atoms with E-state index in [1.54, 1.807) is 45.6 Å². The number of carbonyl (C=O) groups is 3. The Morgan fingerprint density at radius 2 is 1.86 bits per heavy atom. The number of fused-ring (bicyclic) bond motifs is 2. The van der Waals surface area contributed by atoms with Crippen molar-refractivity contribution in [3.63, 3.8) is 0 Å².